The fraction of sp³-hybridized carbons (Fsp3) is 0.500. The highest BCUT2D eigenvalue weighted by molar-refractivity contribution is 7.99. The number of thioether (sulfide) groups is 1. The Bertz CT molecular complexity index is 388. The lowest BCUT2D eigenvalue weighted by Crippen LogP contribution is -2.42. The predicted molar refractivity (Wildman–Crippen MR) is 74.7 cm³/mol. The quantitative estimate of drug-likeness (QED) is 0.808. The lowest BCUT2D eigenvalue weighted by molar-refractivity contribution is 0.0908. The molecule has 1 rings (SSSR count). The van der Waals surface area contributed by atoms with Gasteiger partial charge in [0.2, 0.25) is 0 Å². The van der Waals surface area contributed by atoms with E-state index in [0.717, 1.165) is 22.6 Å². The summed E-state index contributed by atoms with van der Waals surface area (Å²) in [5, 5.41) is 3.07. The van der Waals surface area contributed by atoms with Crippen LogP contribution >= 0.6 is 11.8 Å². The van der Waals surface area contributed by atoms with Gasteiger partial charge in [-0.05, 0) is 38.2 Å². The molecule has 1 amide bonds. The zero-order valence-electron chi connectivity index (χ0n) is 11.0. The third kappa shape index (κ3) is 4.08. The molecule has 17 heavy (non-hydrogen) atoms. The van der Waals surface area contributed by atoms with Gasteiger partial charge in [-0.3, -0.25) is 4.79 Å². The van der Waals surface area contributed by atoms with Gasteiger partial charge >= 0.3 is 0 Å². The van der Waals surface area contributed by atoms with E-state index in [4.69, 9.17) is 0 Å². The van der Waals surface area contributed by atoms with Crippen LogP contribution in [0.25, 0.3) is 0 Å². The van der Waals surface area contributed by atoms with Crippen molar-refractivity contribution in [1.29, 1.82) is 0 Å². The zero-order valence-corrected chi connectivity index (χ0v) is 11.9. The van der Waals surface area contributed by atoms with Crippen LogP contribution in [-0.2, 0) is 0 Å². The maximum atomic E-state index is 12.2. The summed E-state index contributed by atoms with van der Waals surface area (Å²) < 4.78 is 0. The van der Waals surface area contributed by atoms with Crippen LogP contribution < -0.4 is 5.32 Å². The predicted octanol–water partition coefficient (Wildman–Crippen LogP) is 3.72. The molecule has 2 nitrogen and oxygen atoms in total. The van der Waals surface area contributed by atoms with Gasteiger partial charge in [0, 0.05) is 10.4 Å². The average Bonchev–Trinajstić information content (AvgIpc) is 2.29. The molecule has 0 unspecified atom stereocenters. The normalized spacial score (nSPS) is 11.3. The van der Waals surface area contributed by atoms with E-state index in [9.17, 15) is 4.79 Å². The van der Waals surface area contributed by atoms with Gasteiger partial charge in [0.15, 0.2) is 0 Å². The topological polar surface area (TPSA) is 29.1 Å². The van der Waals surface area contributed by atoms with Crippen LogP contribution in [0.4, 0.5) is 0 Å². The van der Waals surface area contributed by atoms with Gasteiger partial charge in [-0.25, -0.2) is 0 Å². The third-order valence-corrected chi connectivity index (χ3v) is 3.72. The molecule has 94 valence electrons. The number of benzene rings is 1. The number of carbonyl (C=O) groups excluding carboxylic acids is 1. The maximum Gasteiger partial charge on any atom is 0.252 e. The maximum absolute atomic E-state index is 12.2. The molecule has 0 saturated heterocycles. The van der Waals surface area contributed by atoms with Crippen molar-refractivity contribution in [2.24, 2.45) is 0 Å². The number of amides is 1. The summed E-state index contributed by atoms with van der Waals surface area (Å²) in [6.45, 7) is 8.25. The second-order valence-corrected chi connectivity index (χ2v) is 5.93. The van der Waals surface area contributed by atoms with E-state index < -0.39 is 0 Å². The number of rotatable bonds is 5. The van der Waals surface area contributed by atoms with Crippen molar-refractivity contribution in [3.05, 3.63) is 29.8 Å². The van der Waals surface area contributed by atoms with E-state index in [0.29, 0.717) is 0 Å². The summed E-state index contributed by atoms with van der Waals surface area (Å²) in [5.41, 5.74) is 0.627. The number of hydrogen-bond donors (Lipinski definition) is 1. The van der Waals surface area contributed by atoms with Crippen LogP contribution in [-0.4, -0.2) is 17.2 Å². The first-order chi connectivity index (χ1) is 8.00. The van der Waals surface area contributed by atoms with E-state index in [1.54, 1.807) is 11.8 Å². The van der Waals surface area contributed by atoms with Gasteiger partial charge in [-0.2, -0.15) is 0 Å². The van der Waals surface area contributed by atoms with Crippen LogP contribution in [0.2, 0.25) is 0 Å². The van der Waals surface area contributed by atoms with Gasteiger partial charge in [-0.1, -0.05) is 26.0 Å². The second kappa shape index (κ2) is 6.10. The van der Waals surface area contributed by atoms with E-state index >= 15 is 0 Å². The molecule has 0 saturated carbocycles. The van der Waals surface area contributed by atoms with Crippen LogP contribution in [0.1, 0.15) is 44.5 Å². The summed E-state index contributed by atoms with van der Waals surface area (Å²) in [6.07, 6.45) is 0.918. The Labute approximate surface area is 108 Å². The fourth-order valence-corrected chi connectivity index (χ4v) is 2.20. The van der Waals surface area contributed by atoms with Gasteiger partial charge in [0.1, 0.15) is 0 Å². The molecule has 0 aliphatic heterocycles. The molecule has 1 aromatic carbocycles. The molecular weight excluding hydrogens is 230 g/mol. The van der Waals surface area contributed by atoms with Crippen LogP contribution in [0.15, 0.2) is 29.2 Å². The highest BCUT2D eigenvalue weighted by Gasteiger charge is 2.20. The molecule has 0 aromatic heterocycles. The van der Waals surface area contributed by atoms with Crippen molar-refractivity contribution in [3.8, 4) is 0 Å². The van der Waals surface area contributed by atoms with Crippen molar-refractivity contribution in [3.63, 3.8) is 0 Å². The average molecular weight is 251 g/mol. The first-order valence-corrected chi connectivity index (χ1v) is 7.03. The largest absolute Gasteiger partial charge is 0.347 e. The molecule has 3 heteroatoms. The smallest absolute Gasteiger partial charge is 0.252 e. The van der Waals surface area contributed by atoms with E-state index in [2.05, 4.69) is 19.2 Å². The highest BCUT2D eigenvalue weighted by atomic mass is 32.2. The SMILES string of the molecule is CCSc1ccccc1C(=O)NC(C)(C)CC. The van der Waals surface area contributed by atoms with E-state index in [-0.39, 0.29) is 11.4 Å². The van der Waals surface area contributed by atoms with Crippen molar-refractivity contribution >= 4 is 17.7 Å². The summed E-state index contributed by atoms with van der Waals surface area (Å²) in [4.78, 5) is 13.2. The molecule has 0 aliphatic rings. The number of nitrogens with one attached hydrogen (secondary N) is 1. The Morgan fingerprint density at radius 3 is 2.53 bits per heavy atom. The Kier molecular flexibility index (Phi) is 5.06. The minimum absolute atomic E-state index is 0.0217. The van der Waals surface area contributed by atoms with E-state index in [1.165, 1.54) is 0 Å². The lowest BCUT2D eigenvalue weighted by atomic mass is 10.0. The monoisotopic (exact) mass is 251 g/mol. The van der Waals surface area contributed by atoms with Gasteiger partial charge in [-0.15, -0.1) is 11.8 Å². The van der Waals surface area contributed by atoms with Crippen molar-refractivity contribution in [2.45, 2.75) is 44.6 Å². The Morgan fingerprint density at radius 2 is 1.94 bits per heavy atom. The minimum atomic E-state index is -0.152. The first kappa shape index (κ1) is 14.1. The Morgan fingerprint density at radius 1 is 1.29 bits per heavy atom. The summed E-state index contributed by atoms with van der Waals surface area (Å²) in [7, 11) is 0. The van der Waals surface area contributed by atoms with Gasteiger partial charge in [0.25, 0.3) is 5.91 Å². The van der Waals surface area contributed by atoms with Gasteiger partial charge in [0.05, 0.1) is 5.56 Å². The molecule has 0 radical (unpaired) electrons. The molecule has 0 atom stereocenters. The number of carbonyl (C=O) groups is 1. The van der Waals surface area contributed by atoms with E-state index in [1.807, 2.05) is 38.1 Å². The summed E-state index contributed by atoms with van der Waals surface area (Å²) in [6, 6.07) is 7.77. The fourth-order valence-electron chi connectivity index (χ4n) is 1.40. The van der Waals surface area contributed by atoms with Crippen molar-refractivity contribution in [2.75, 3.05) is 5.75 Å². The number of hydrogen-bond acceptors (Lipinski definition) is 2. The standard InChI is InChI=1S/C14H21NOS/c1-5-14(3,4)15-13(16)11-9-7-8-10-12(11)17-6-2/h7-10H,5-6H2,1-4H3,(H,15,16). The molecule has 1 aromatic rings. The van der Waals surface area contributed by atoms with Crippen molar-refractivity contribution < 1.29 is 4.79 Å². The molecule has 0 spiro atoms. The molecule has 0 heterocycles. The zero-order chi connectivity index (χ0) is 12.9. The lowest BCUT2D eigenvalue weighted by Gasteiger charge is -2.25. The summed E-state index contributed by atoms with van der Waals surface area (Å²) in [5.74, 6) is 0.995. The first-order valence-electron chi connectivity index (χ1n) is 6.04. The van der Waals surface area contributed by atoms with Crippen LogP contribution in [0.3, 0.4) is 0 Å². The summed E-state index contributed by atoms with van der Waals surface area (Å²) >= 11 is 1.70. The third-order valence-electron chi connectivity index (χ3n) is 2.77. The highest BCUT2D eigenvalue weighted by Crippen LogP contribution is 2.22. The minimum Gasteiger partial charge on any atom is -0.347 e. The Balaban J connectivity index is 2.88. The van der Waals surface area contributed by atoms with Gasteiger partial charge < -0.3 is 5.32 Å². The Hall–Kier alpha value is -0.960. The molecule has 0 bridgehead atoms. The van der Waals surface area contributed by atoms with Crippen molar-refractivity contribution in [1.82, 2.24) is 5.32 Å². The molecule has 0 aliphatic carbocycles. The molecule has 0 fully saturated rings. The van der Waals surface area contributed by atoms with Crippen LogP contribution in [0, 0.1) is 0 Å². The molecule has 1 N–H and O–H groups in total. The second-order valence-electron chi connectivity index (χ2n) is 4.62. The van der Waals surface area contributed by atoms with Crippen LogP contribution in [0.5, 0.6) is 0 Å². The molecular formula is C14H21NOS.